The van der Waals surface area contributed by atoms with E-state index < -0.39 is 5.97 Å². The molecule has 1 atom stereocenters. The molecule has 1 unspecified atom stereocenters. The quantitative estimate of drug-likeness (QED) is 0.858. The van der Waals surface area contributed by atoms with E-state index in [2.05, 4.69) is 17.2 Å². The zero-order valence-electron chi connectivity index (χ0n) is 11.7. The molecule has 1 fully saturated rings. The molecule has 1 aliphatic carbocycles. The van der Waals surface area contributed by atoms with Gasteiger partial charge in [0.1, 0.15) is 5.69 Å². The molecule has 108 valence electrons. The molecule has 1 aromatic rings. The maximum Gasteiger partial charge on any atom is 0.354 e. The van der Waals surface area contributed by atoms with Crippen molar-refractivity contribution in [2.75, 3.05) is 7.05 Å². The number of carbonyl (C=O) groups is 2. The highest BCUT2D eigenvalue weighted by molar-refractivity contribution is 5.85. The summed E-state index contributed by atoms with van der Waals surface area (Å²) in [5.41, 5.74) is 0.773. The van der Waals surface area contributed by atoms with Gasteiger partial charge >= 0.3 is 12.0 Å². The van der Waals surface area contributed by atoms with Crippen molar-refractivity contribution >= 4 is 12.0 Å². The third kappa shape index (κ3) is 3.46. The Morgan fingerprint density at radius 2 is 2.20 bits per heavy atom. The second kappa shape index (κ2) is 5.90. The molecule has 2 N–H and O–H groups in total. The van der Waals surface area contributed by atoms with E-state index in [1.54, 1.807) is 18.0 Å². The van der Waals surface area contributed by atoms with Gasteiger partial charge in [0.15, 0.2) is 0 Å². The smallest absolute Gasteiger partial charge is 0.354 e. The second-order valence-corrected chi connectivity index (χ2v) is 5.20. The van der Waals surface area contributed by atoms with E-state index in [0.717, 1.165) is 5.56 Å². The van der Waals surface area contributed by atoms with Gasteiger partial charge in [-0.05, 0) is 37.3 Å². The van der Waals surface area contributed by atoms with Crippen LogP contribution in [0.1, 0.15) is 35.8 Å². The van der Waals surface area contributed by atoms with Gasteiger partial charge in [-0.25, -0.2) is 14.6 Å². The topological polar surface area (TPSA) is 82.5 Å². The first-order valence-electron chi connectivity index (χ1n) is 6.68. The molecule has 0 bridgehead atoms. The first-order valence-corrected chi connectivity index (χ1v) is 6.68. The van der Waals surface area contributed by atoms with Crippen molar-refractivity contribution in [2.24, 2.45) is 5.92 Å². The number of pyridine rings is 1. The molecule has 1 saturated carbocycles. The Hall–Kier alpha value is -2.11. The lowest BCUT2D eigenvalue weighted by Gasteiger charge is -2.25. The monoisotopic (exact) mass is 277 g/mol. The Labute approximate surface area is 117 Å². The van der Waals surface area contributed by atoms with Gasteiger partial charge in [-0.15, -0.1) is 0 Å². The van der Waals surface area contributed by atoms with Gasteiger partial charge in [0.25, 0.3) is 0 Å². The van der Waals surface area contributed by atoms with Crippen molar-refractivity contribution < 1.29 is 14.7 Å². The number of urea groups is 1. The summed E-state index contributed by atoms with van der Waals surface area (Å²) in [7, 11) is 1.80. The molecule has 1 aliphatic rings. The molecule has 6 heteroatoms. The molecule has 0 aromatic carbocycles. The third-order valence-electron chi connectivity index (χ3n) is 3.72. The van der Waals surface area contributed by atoms with E-state index in [9.17, 15) is 9.59 Å². The van der Waals surface area contributed by atoms with Crippen LogP contribution in [0.3, 0.4) is 0 Å². The fourth-order valence-electron chi connectivity index (χ4n) is 2.04. The number of rotatable bonds is 5. The lowest BCUT2D eigenvalue weighted by Crippen LogP contribution is -2.43. The number of hydrogen-bond acceptors (Lipinski definition) is 3. The molecule has 1 heterocycles. The zero-order valence-corrected chi connectivity index (χ0v) is 11.7. The van der Waals surface area contributed by atoms with Crippen molar-refractivity contribution in [3.63, 3.8) is 0 Å². The number of carboxylic acids is 1. The Bertz CT molecular complexity index is 497. The summed E-state index contributed by atoms with van der Waals surface area (Å²) in [6.45, 7) is 2.40. The van der Waals surface area contributed by atoms with Crippen molar-refractivity contribution in [2.45, 2.75) is 32.4 Å². The highest BCUT2D eigenvalue weighted by Crippen LogP contribution is 2.34. The molecule has 0 aliphatic heterocycles. The number of amides is 2. The summed E-state index contributed by atoms with van der Waals surface area (Å²) in [5.74, 6) is -0.430. The normalized spacial score (nSPS) is 15.5. The third-order valence-corrected chi connectivity index (χ3v) is 3.72. The number of carboxylic acid groups (broad SMARTS) is 1. The fraction of sp³-hybridized carbons (Fsp3) is 0.500. The minimum Gasteiger partial charge on any atom is -0.477 e. The van der Waals surface area contributed by atoms with Gasteiger partial charge in [0, 0.05) is 25.8 Å². The minimum atomic E-state index is -1.06. The molecular weight excluding hydrogens is 258 g/mol. The largest absolute Gasteiger partial charge is 0.477 e. The minimum absolute atomic E-state index is 0.000416. The van der Waals surface area contributed by atoms with E-state index in [1.807, 2.05) is 0 Å². The second-order valence-electron chi connectivity index (χ2n) is 5.20. The molecule has 0 saturated heterocycles. The number of carbonyl (C=O) groups excluding carboxylic acids is 1. The summed E-state index contributed by atoms with van der Waals surface area (Å²) < 4.78 is 0. The van der Waals surface area contributed by atoms with Crippen molar-refractivity contribution in [3.05, 3.63) is 29.6 Å². The molecule has 20 heavy (non-hydrogen) atoms. The Morgan fingerprint density at radius 1 is 1.50 bits per heavy atom. The molecule has 0 spiro atoms. The summed E-state index contributed by atoms with van der Waals surface area (Å²) in [5, 5.41) is 11.6. The zero-order chi connectivity index (χ0) is 14.7. The lowest BCUT2D eigenvalue weighted by atomic mass is 10.2. The van der Waals surface area contributed by atoms with Crippen LogP contribution in [-0.2, 0) is 6.54 Å². The van der Waals surface area contributed by atoms with Crippen LogP contribution < -0.4 is 5.32 Å². The van der Waals surface area contributed by atoms with Crippen molar-refractivity contribution in [1.29, 1.82) is 0 Å². The number of nitrogens with one attached hydrogen (secondary N) is 1. The number of nitrogens with zero attached hydrogens (tertiary/aromatic N) is 2. The molecule has 2 rings (SSSR count). The van der Waals surface area contributed by atoms with Crippen LogP contribution in [0.4, 0.5) is 4.79 Å². The van der Waals surface area contributed by atoms with E-state index in [1.165, 1.54) is 25.1 Å². The maximum atomic E-state index is 12.0. The number of aromatic nitrogens is 1. The summed E-state index contributed by atoms with van der Waals surface area (Å²) in [6, 6.07) is 3.22. The van der Waals surface area contributed by atoms with Gasteiger partial charge in [0.05, 0.1) is 0 Å². The predicted molar refractivity (Wildman–Crippen MR) is 73.4 cm³/mol. The molecule has 0 radical (unpaired) electrons. The predicted octanol–water partition coefficient (Wildman–Crippen LogP) is 1.72. The maximum absolute atomic E-state index is 12.0. The molecule has 1 aromatic heterocycles. The molecule has 2 amide bonds. The average Bonchev–Trinajstić information content (AvgIpc) is 3.28. The van der Waals surface area contributed by atoms with Crippen LogP contribution in [0, 0.1) is 5.92 Å². The average molecular weight is 277 g/mol. The summed E-state index contributed by atoms with van der Waals surface area (Å²) in [4.78, 5) is 28.2. The van der Waals surface area contributed by atoms with Crippen LogP contribution >= 0.6 is 0 Å². The van der Waals surface area contributed by atoms with Crippen LogP contribution in [0.25, 0.3) is 0 Å². The molecular formula is C14H19N3O3. The fourth-order valence-corrected chi connectivity index (χ4v) is 2.04. The van der Waals surface area contributed by atoms with E-state index >= 15 is 0 Å². The SMILES string of the molecule is CC(C1CC1)N(C)C(=O)NCc1ccc(C(=O)O)nc1. The number of hydrogen-bond donors (Lipinski definition) is 2. The summed E-state index contributed by atoms with van der Waals surface area (Å²) >= 11 is 0. The summed E-state index contributed by atoms with van der Waals surface area (Å²) in [6.07, 6.45) is 3.85. The van der Waals surface area contributed by atoms with Gasteiger partial charge in [-0.2, -0.15) is 0 Å². The van der Waals surface area contributed by atoms with Gasteiger partial charge in [0.2, 0.25) is 0 Å². The van der Waals surface area contributed by atoms with Gasteiger partial charge in [-0.3, -0.25) is 0 Å². The Balaban J connectivity index is 1.84. The first-order chi connectivity index (χ1) is 9.49. The van der Waals surface area contributed by atoms with Crippen molar-refractivity contribution in [3.8, 4) is 0 Å². The van der Waals surface area contributed by atoms with Gasteiger partial charge in [-0.1, -0.05) is 6.07 Å². The lowest BCUT2D eigenvalue weighted by molar-refractivity contribution is 0.0690. The molecule has 6 nitrogen and oxygen atoms in total. The van der Waals surface area contributed by atoms with Crippen molar-refractivity contribution in [1.82, 2.24) is 15.2 Å². The first kappa shape index (κ1) is 14.3. The van der Waals surface area contributed by atoms with Crippen LogP contribution in [-0.4, -0.2) is 40.1 Å². The van der Waals surface area contributed by atoms with E-state index in [0.29, 0.717) is 12.5 Å². The highest BCUT2D eigenvalue weighted by Gasteiger charge is 2.32. The highest BCUT2D eigenvalue weighted by atomic mass is 16.4. The van der Waals surface area contributed by atoms with Gasteiger partial charge < -0.3 is 15.3 Å². The Kier molecular flexibility index (Phi) is 4.22. The van der Waals surface area contributed by atoms with Crippen LogP contribution in [0.2, 0.25) is 0 Å². The van der Waals surface area contributed by atoms with E-state index in [4.69, 9.17) is 5.11 Å². The van der Waals surface area contributed by atoms with Crippen LogP contribution in [0.15, 0.2) is 18.3 Å². The van der Waals surface area contributed by atoms with Crippen LogP contribution in [0.5, 0.6) is 0 Å². The van der Waals surface area contributed by atoms with E-state index in [-0.39, 0.29) is 17.8 Å². The number of aromatic carboxylic acids is 1. The Morgan fingerprint density at radius 3 is 2.70 bits per heavy atom. The standard InChI is InChI=1S/C14H19N3O3/c1-9(11-4-5-11)17(2)14(20)16-8-10-3-6-12(13(18)19)15-7-10/h3,6-7,9,11H,4-5,8H2,1-2H3,(H,16,20)(H,18,19).